The second-order valence-corrected chi connectivity index (χ2v) is 8.45. The predicted octanol–water partition coefficient (Wildman–Crippen LogP) is 4.86. The molecule has 30 heavy (non-hydrogen) atoms. The number of fused-ring (bicyclic) bond motifs is 1. The van der Waals surface area contributed by atoms with E-state index in [1.807, 2.05) is 51.2 Å². The van der Waals surface area contributed by atoms with Gasteiger partial charge in [0.1, 0.15) is 12.4 Å². The molecule has 4 nitrogen and oxygen atoms in total. The van der Waals surface area contributed by atoms with Crippen LogP contribution in [0.2, 0.25) is 0 Å². The highest BCUT2D eigenvalue weighted by Crippen LogP contribution is 2.32. The molecule has 1 fully saturated rings. The zero-order chi connectivity index (χ0) is 20.5. The summed E-state index contributed by atoms with van der Waals surface area (Å²) in [5, 5.41) is 2.84. The van der Waals surface area contributed by atoms with Crippen molar-refractivity contribution >= 4 is 33.8 Å². The summed E-state index contributed by atoms with van der Waals surface area (Å²) in [4.78, 5) is 18.5. The molecule has 4 aromatic rings. The number of carbonyl (C=O) groups is 1. The summed E-state index contributed by atoms with van der Waals surface area (Å²) in [5.74, 6) is -0.164. The van der Waals surface area contributed by atoms with Crippen molar-refractivity contribution in [2.24, 2.45) is 0 Å². The third-order valence-corrected chi connectivity index (χ3v) is 6.58. The van der Waals surface area contributed by atoms with Crippen LogP contribution in [0.25, 0.3) is 21.5 Å². The monoisotopic (exact) mass is 419 g/mol. The molecule has 1 aliphatic rings. The first kappa shape index (κ1) is 18.9. The van der Waals surface area contributed by atoms with E-state index in [1.165, 1.54) is 17.8 Å². The number of anilines is 1. The lowest BCUT2D eigenvalue weighted by atomic mass is 10.2. The number of halogens is 1. The molecule has 152 valence electrons. The minimum absolute atomic E-state index is 0.0994. The van der Waals surface area contributed by atoms with Crippen molar-refractivity contribution in [2.45, 2.75) is 6.54 Å². The lowest BCUT2D eigenvalue weighted by Gasteiger charge is -2.36. The Bertz CT molecular complexity index is 1160. The predicted molar refractivity (Wildman–Crippen MR) is 120 cm³/mol. The molecule has 0 radical (unpaired) electrons. The number of nitrogens with zero attached hydrogens (tertiary/aromatic N) is 3. The number of benzene rings is 2. The van der Waals surface area contributed by atoms with Gasteiger partial charge in [0.05, 0.1) is 10.6 Å². The minimum Gasteiger partial charge on any atom is -0.368 e. The maximum Gasteiger partial charge on any atom is 0.242 e. The van der Waals surface area contributed by atoms with Crippen LogP contribution in [0.15, 0.2) is 72.1 Å². The van der Waals surface area contributed by atoms with Crippen LogP contribution in [0.4, 0.5) is 10.1 Å². The van der Waals surface area contributed by atoms with Gasteiger partial charge in [-0.15, -0.1) is 11.3 Å². The van der Waals surface area contributed by atoms with Gasteiger partial charge in [0, 0.05) is 42.8 Å². The lowest BCUT2D eigenvalue weighted by molar-refractivity contribution is -0.132. The molecule has 0 bridgehead atoms. The fraction of sp³-hybridized carbons (Fsp3) is 0.208. The molecule has 6 heteroatoms. The average molecular weight is 420 g/mol. The summed E-state index contributed by atoms with van der Waals surface area (Å²) in [6.45, 7) is 3.32. The van der Waals surface area contributed by atoms with Crippen LogP contribution in [0, 0.1) is 5.82 Å². The Morgan fingerprint density at radius 2 is 1.73 bits per heavy atom. The summed E-state index contributed by atoms with van der Waals surface area (Å²) in [7, 11) is 0. The maximum atomic E-state index is 13.8. The van der Waals surface area contributed by atoms with E-state index < -0.39 is 0 Å². The number of aromatic nitrogens is 1. The van der Waals surface area contributed by atoms with Crippen LogP contribution in [0.5, 0.6) is 0 Å². The van der Waals surface area contributed by atoms with Crippen LogP contribution in [0.1, 0.15) is 0 Å². The molecule has 0 unspecified atom stereocenters. The minimum atomic E-state index is -0.263. The van der Waals surface area contributed by atoms with Crippen molar-refractivity contribution in [3.05, 3.63) is 77.9 Å². The van der Waals surface area contributed by atoms with E-state index in [-0.39, 0.29) is 18.3 Å². The molecule has 1 saturated heterocycles. The molecular formula is C24H22FN3OS. The van der Waals surface area contributed by atoms with Gasteiger partial charge in [0.15, 0.2) is 0 Å². The van der Waals surface area contributed by atoms with Crippen molar-refractivity contribution < 1.29 is 9.18 Å². The van der Waals surface area contributed by atoms with Crippen molar-refractivity contribution in [3.63, 3.8) is 0 Å². The average Bonchev–Trinajstić information content (AvgIpc) is 3.42. The number of rotatable bonds is 4. The number of thiophene rings is 1. The molecule has 1 amide bonds. The second-order valence-electron chi connectivity index (χ2n) is 7.50. The Morgan fingerprint density at radius 3 is 2.47 bits per heavy atom. The number of piperazine rings is 1. The first-order chi connectivity index (χ1) is 14.7. The number of amides is 1. The van der Waals surface area contributed by atoms with Gasteiger partial charge in [0.2, 0.25) is 5.91 Å². The summed E-state index contributed by atoms with van der Waals surface area (Å²) in [6, 6.07) is 21.1. The maximum absolute atomic E-state index is 13.8. The quantitative estimate of drug-likeness (QED) is 0.473. The SMILES string of the molecule is O=C(Cn1c(-c2cccs2)cc2cc(F)ccc21)N1CCN(c2ccccc2)CC1. The standard InChI is InChI=1S/C24H22FN3OS/c25-19-8-9-21-18(15-19)16-22(23-7-4-14-30-23)28(21)17-24(29)27-12-10-26(11-13-27)20-5-2-1-3-6-20/h1-9,14-16H,10-13,17H2. The Hall–Kier alpha value is -3.12. The second kappa shape index (κ2) is 7.95. The molecule has 0 aliphatic carbocycles. The summed E-state index contributed by atoms with van der Waals surface area (Å²) >= 11 is 1.62. The Balaban J connectivity index is 1.37. The highest BCUT2D eigenvalue weighted by atomic mass is 32.1. The largest absolute Gasteiger partial charge is 0.368 e. The smallest absolute Gasteiger partial charge is 0.242 e. The van der Waals surface area contributed by atoms with Crippen LogP contribution in [-0.2, 0) is 11.3 Å². The molecular weight excluding hydrogens is 397 g/mol. The molecule has 3 heterocycles. The zero-order valence-electron chi connectivity index (χ0n) is 16.5. The van der Waals surface area contributed by atoms with Gasteiger partial charge in [-0.05, 0) is 47.8 Å². The molecule has 0 saturated carbocycles. The van der Waals surface area contributed by atoms with E-state index in [2.05, 4.69) is 17.0 Å². The highest BCUT2D eigenvalue weighted by molar-refractivity contribution is 7.13. The van der Waals surface area contributed by atoms with Crippen molar-refractivity contribution in [3.8, 4) is 10.6 Å². The number of hydrogen-bond donors (Lipinski definition) is 0. The van der Waals surface area contributed by atoms with Gasteiger partial charge in [0.25, 0.3) is 0 Å². The van der Waals surface area contributed by atoms with Gasteiger partial charge in [-0.25, -0.2) is 4.39 Å². The van der Waals surface area contributed by atoms with Crippen LogP contribution in [-0.4, -0.2) is 41.6 Å². The number of hydrogen-bond acceptors (Lipinski definition) is 3. The number of carbonyl (C=O) groups excluding carboxylic acids is 1. The fourth-order valence-electron chi connectivity index (χ4n) is 4.13. The van der Waals surface area contributed by atoms with Crippen molar-refractivity contribution in [1.82, 2.24) is 9.47 Å². The van der Waals surface area contributed by atoms with E-state index in [1.54, 1.807) is 17.4 Å². The van der Waals surface area contributed by atoms with E-state index in [0.717, 1.165) is 34.6 Å². The van der Waals surface area contributed by atoms with E-state index in [4.69, 9.17) is 0 Å². The van der Waals surface area contributed by atoms with Crippen LogP contribution in [0.3, 0.4) is 0 Å². The topological polar surface area (TPSA) is 28.5 Å². The van der Waals surface area contributed by atoms with E-state index in [9.17, 15) is 9.18 Å². The fourth-order valence-corrected chi connectivity index (χ4v) is 4.88. The van der Waals surface area contributed by atoms with Gasteiger partial charge in [-0.3, -0.25) is 4.79 Å². The molecule has 0 N–H and O–H groups in total. The lowest BCUT2D eigenvalue weighted by Crippen LogP contribution is -2.49. The van der Waals surface area contributed by atoms with E-state index >= 15 is 0 Å². The number of para-hydroxylation sites is 1. The van der Waals surface area contributed by atoms with Gasteiger partial charge in [-0.1, -0.05) is 24.3 Å². The van der Waals surface area contributed by atoms with Crippen molar-refractivity contribution in [1.29, 1.82) is 0 Å². The highest BCUT2D eigenvalue weighted by Gasteiger charge is 2.23. The van der Waals surface area contributed by atoms with Crippen LogP contribution >= 0.6 is 11.3 Å². The molecule has 2 aromatic heterocycles. The van der Waals surface area contributed by atoms with Crippen LogP contribution < -0.4 is 4.90 Å². The van der Waals surface area contributed by atoms with Gasteiger partial charge in [-0.2, -0.15) is 0 Å². The molecule has 2 aromatic carbocycles. The molecule has 5 rings (SSSR count). The first-order valence-electron chi connectivity index (χ1n) is 10.1. The summed E-state index contributed by atoms with van der Waals surface area (Å²) in [5.41, 5.74) is 3.04. The Morgan fingerprint density at radius 1 is 0.933 bits per heavy atom. The normalized spacial score (nSPS) is 14.4. The summed E-state index contributed by atoms with van der Waals surface area (Å²) < 4.78 is 15.8. The Labute approximate surface area is 178 Å². The summed E-state index contributed by atoms with van der Waals surface area (Å²) in [6.07, 6.45) is 0. The van der Waals surface area contributed by atoms with Gasteiger partial charge < -0.3 is 14.4 Å². The van der Waals surface area contributed by atoms with E-state index in [0.29, 0.717) is 13.1 Å². The molecule has 0 spiro atoms. The first-order valence-corrected chi connectivity index (χ1v) is 11.0. The third kappa shape index (κ3) is 3.59. The zero-order valence-corrected chi connectivity index (χ0v) is 17.3. The third-order valence-electron chi connectivity index (χ3n) is 5.68. The van der Waals surface area contributed by atoms with Crippen molar-refractivity contribution in [2.75, 3.05) is 31.1 Å². The molecule has 0 atom stereocenters. The Kier molecular flexibility index (Phi) is 5.01. The molecule has 1 aliphatic heterocycles. The van der Waals surface area contributed by atoms with Gasteiger partial charge >= 0.3 is 0 Å².